The van der Waals surface area contributed by atoms with Crippen molar-refractivity contribution >= 4 is 18.3 Å². The first kappa shape index (κ1) is 19.4. The van der Waals surface area contributed by atoms with Crippen molar-refractivity contribution in [2.24, 2.45) is 11.3 Å². The lowest BCUT2D eigenvalue weighted by atomic mass is 9.55. The molecular weight excluding hydrogens is 336 g/mol. The largest absolute Gasteiger partial charge is 0.378 e. The smallest absolute Gasteiger partial charge is 0.220 e. The SMILES string of the molecule is CCOC1CC(NC(=O)CC2CC3CCC(C2)N3)C12CCCCC2.Cl. The zero-order chi connectivity index (χ0) is 16.6. The van der Waals surface area contributed by atoms with E-state index in [1.165, 1.54) is 57.8 Å². The first-order chi connectivity index (χ1) is 11.7. The Morgan fingerprint density at radius 3 is 2.44 bits per heavy atom. The van der Waals surface area contributed by atoms with Gasteiger partial charge in [-0.25, -0.2) is 0 Å². The van der Waals surface area contributed by atoms with Crippen molar-refractivity contribution in [1.82, 2.24) is 10.6 Å². The number of ether oxygens (including phenoxy) is 1. The van der Waals surface area contributed by atoms with Crippen LogP contribution < -0.4 is 10.6 Å². The molecule has 2 saturated carbocycles. The van der Waals surface area contributed by atoms with Crippen molar-refractivity contribution in [3.63, 3.8) is 0 Å². The highest BCUT2D eigenvalue weighted by atomic mass is 35.5. The van der Waals surface area contributed by atoms with Gasteiger partial charge in [-0.2, -0.15) is 0 Å². The van der Waals surface area contributed by atoms with Crippen molar-refractivity contribution < 1.29 is 9.53 Å². The average Bonchev–Trinajstić information content (AvgIpc) is 2.93. The van der Waals surface area contributed by atoms with Crippen LogP contribution in [0, 0.1) is 11.3 Å². The van der Waals surface area contributed by atoms with Crippen molar-refractivity contribution in [2.75, 3.05) is 6.61 Å². The van der Waals surface area contributed by atoms with Crippen LogP contribution in [-0.4, -0.2) is 36.7 Å². The fourth-order valence-electron chi connectivity index (χ4n) is 6.12. The molecular formula is C20H35ClN2O2. The van der Waals surface area contributed by atoms with Crippen LogP contribution in [-0.2, 0) is 9.53 Å². The molecule has 1 amide bonds. The van der Waals surface area contributed by atoms with Gasteiger partial charge in [0.1, 0.15) is 0 Å². The number of nitrogens with one attached hydrogen (secondary N) is 2. The Morgan fingerprint density at radius 2 is 1.80 bits per heavy atom. The lowest BCUT2D eigenvalue weighted by Crippen LogP contribution is -2.65. The van der Waals surface area contributed by atoms with Gasteiger partial charge in [0.25, 0.3) is 0 Å². The molecule has 4 unspecified atom stereocenters. The molecule has 2 heterocycles. The van der Waals surface area contributed by atoms with Crippen LogP contribution in [0.1, 0.15) is 77.6 Å². The van der Waals surface area contributed by atoms with Gasteiger partial charge in [0.15, 0.2) is 0 Å². The van der Waals surface area contributed by atoms with Crippen LogP contribution in [0.5, 0.6) is 0 Å². The Balaban J connectivity index is 0.00000182. The number of carbonyl (C=O) groups excluding carboxylic acids is 1. The van der Waals surface area contributed by atoms with E-state index in [0.29, 0.717) is 36.1 Å². The number of hydrogen-bond donors (Lipinski definition) is 2. The molecule has 2 bridgehead atoms. The van der Waals surface area contributed by atoms with Gasteiger partial charge < -0.3 is 15.4 Å². The molecule has 0 aromatic rings. The Hall–Kier alpha value is -0.320. The van der Waals surface area contributed by atoms with Crippen LogP contribution in [0.15, 0.2) is 0 Å². The van der Waals surface area contributed by atoms with Gasteiger partial charge in [-0.15, -0.1) is 12.4 Å². The quantitative estimate of drug-likeness (QED) is 0.777. The molecule has 4 rings (SSSR count). The molecule has 144 valence electrons. The van der Waals surface area contributed by atoms with Gasteiger partial charge in [0.2, 0.25) is 5.91 Å². The summed E-state index contributed by atoms with van der Waals surface area (Å²) in [5.74, 6) is 0.889. The molecule has 1 spiro atoms. The van der Waals surface area contributed by atoms with E-state index >= 15 is 0 Å². The highest BCUT2D eigenvalue weighted by Crippen LogP contribution is 2.53. The predicted octanol–water partition coefficient (Wildman–Crippen LogP) is 3.57. The summed E-state index contributed by atoms with van der Waals surface area (Å²) < 4.78 is 6.01. The summed E-state index contributed by atoms with van der Waals surface area (Å²) in [5.41, 5.74) is 0.247. The topological polar surface area (TPSA) is 50.4 Å². The summed E-state index contributed by atoms with van der Waals surface area (Å²) in [7, 11) is 0. The van der Waals surface area contributed by atoms with Gasteiger partial charge in [-0.3, -0.25) is 4.79 Å². The molecule has 25 heavy (non-hydrogen) atoms. The van der Waals surface area contributed by atoms with E-state index in [1.807, 2.05) is 0 Å². The predicted molar refractivity (Wildman–Crippen MR) is 102 cm³/mol. The molecule has 4 fully saturated rings. The van der Waals surface area contributed by atoms with Gasteiger partial charge in [0.05, 0.1) is 6.10 Å². The third kappa shape index (κ3) is 3.86. The second kappa shape index (κ2) is 8.14. The molecule has 2 aliphatic carbocycles. The second-order valence-corrected chi connectivity index (χ2v) is 8.77. The fourth-order valence-corrected chi connectivity index (χ4v) is 6.12. The Labute approximate surface area is 158 Å². The minimum atomic E-state index is 0. The zero-order valence-electron chi connectivity index (χ0n) is 15.6. The van der Waals surface area contributed by atoms with Gasteiger partial charge in [0, 0.05) is 36.6 Å². The number of hydrogen-bond acceptors (Lipinski definition) is 3. The van der Waals surface area contributed by atoms with E-state index in [4.69, 9.17) is 4.74 Å². The summed E-state index contributed by atoms with van der Waals surface area (Å²) >= 11 is 0. The monoisotopic (exact) mass is 370 g/mol. The minimum Gasteiger partial charge on any atom is -0.378 e. The number of carbonyl (C=O) groups is 1. The highest BCUT2D eigenvalue weighted by molar-refractivity contribution is 5.85. The second-order valence-electron chi connectivity index (χ2n) is 8.77. The lowest BCUT2D eigenvalue weighted by molar-refractivity contribution is -0.157. The number of rotatable bonds is 5. The van der Waals surface area contributed by atoms with Gasteiger partial charge in [-0.05, 0) is 57.8 Å². The molecule has 0 aromatic heterocycles. The van der Waals surface area contributed by atoms with Crippen molar-refractivity contribution in [3.8, 4) is 0 Å². The maximum absolute atomic E-state index is 12.7. The fraction of sp³-hybridized carbons (Fsp3) is 0.950. The summed E-state index contributed by atoms with van der Waals surface area (Å²) in [6, 6.07) is 1.72. The first-order valence-corrected chi connectivity index (χ1v) is 10.4. The molecule has 4 nitrogen and oxygen atoms in total. The highest BCUT2D eigenvalue weighted by Gasteiger charge is 2.56. The van der Waals surface area contributed by atoms with Crippen LogP contribution in [0.4, 0.5) is 0 Å². The first-order valence-electron chi connectivity index (χ1n) is 10.4. The minimum absolute atomic E-state index is 0. The Kier molecular flexibility index (Phi) is 6.33. The molecule has 0 radical (unpaired) electrons. The summed E-state index contributed by atoms with van der Waals surface area (Å²) in [6.45, 7) is 2.89. The molecule has 4 aliphatic rings. The lowest BCUT2D eigenvalue weighted by Gasteiger charge is -2.57. The number of fused-ring (bicyclic) bond motifs is 2. The maximum Gasteiger partial charge on any atom is 0.220 e. The van der Waals surface area contributed by atoms with Crippen molar-refractivity contribution in [1.29, 1.82) is 0 Å². The van der Waals surface area contributed by atoms with E-state index in [1.54, 1.807) is 0 Å². The third-order valence-corrected chi connectivity index (χ3v) is 7.32. The maximum atomic E-state index is 12.7. The standard InChI is InChI=1S/C20H34N2O2.ClH/c1-2-24-18-13-17(20(18)8-4-3-5-9-20)22-19(23)12-14-10-15-6-7-16(11-14)21-15;/h14-18,21H,2-13H2,1H3,(H,22,23);1H. The van der Waals surface area contributed by atoms with Crippen LogP contribution in [0.3, 0.4) is 0 Å². The van der Waals surface area contributed by atoms with Crippen LogP contribution in [0.2, 0.25) is 0 Å². The summed E-state index contributed by atoms with van der Waals surface area (Å²) in [5, 5.41) is 7.10. The van der Waals surface area contributed by atoms with E-state index in [9.17, 15) is 4.79 Å². The normalized spacial score (nSPS) is 38.7. The third-order valence-electron chi connectivity index (χ3n) is 7.32. The molecule has 2 aliphatic heterocycles. The van der Waals surface area contributed by atoms with Gasteiger partial charge >= 0.3 is 0 Å². The van der Waals surface area contributed by atoms with E-state index in [2.05, 4.69) is 17.6 Å². The molecule has 2 N–H and O–H groups in total. The number of piperidine rings is 1. The zero-order valence-corrected chi connectivity index (χ0v) is 16.4. The van der Waals surface area contributed by atoms with E-state index < -0.39 is 0 Å². The molecule has 2 saturated heterocycles. The Bertz CT molecular complexity index is 455. The molecule has 5 heteroatoms. The number of amides is 1. The van der Waals surface area contributed by atoms with Crippen LogP contribution in [0.25, 0.3) is 0 Å². The molecule has 0 aromatic carbocycles. The Morgan fingerprint density at radius 1 is 1.12 bits per heavy atom. The summed E-state index contributed by atoms with van der Waals surface area (Å²) in [6.07, 6.45) is 13.6. The average molecular weight is 371 g/mol. The van der Waals surface area contributed by atoms with Gasteiger partial charge in [-0.1, -0.05) is 19.3 Å². The summed E-state index contributed by atoms with van der Waals surface area (Å²) in [4.78, 5) is 12.7. The van der Waals surface area contributed by atoms with Crippen LogP contribution >= 0.6 is 12.4 Å². The molecule has 4 atom stereocenters. The number of halogens is 1. The van der Waals surface area contributed by atoms with Crippen molar-refractivity contribution in [3.05, 3.63) is 0 Å². The van der Waals surface area contributed by atoms with E-state index in [-0.39, 0.29) is 17.8 Å². The van der Waals surface area contributed by atoms with Crippen molar-refractivity contribution in [2.45, 2.75) is 102 Å². The van der Waals surface area contributed by atoms with E-state index in [0.717, 1.165) is 19.4 Å².